The van der Waals surface area contributed by atoms with Crippen LogP contribution >= 0.6 is 7.82 Å². The Morgan fingerprint density at radius 2 is 1.87 bits per heavy atom. The molecule has 1 aromatic carbocycles. The van der Waals surface area contributed by atoms with Crippen LogP contribution in [-0.2, 0) is 9.09 Å². The van der Waals surface area contributed by atoms with Crippen LogP contribution in [0.5, 0.6) is 5.75 Å². The van der Waals surface area contributed by atoms with E-state index in [0.29, 0.717) is 11.8 Å². The Labute approximate surface area is 109 Å². The van der Waals surface area contributed by atoms with E-state index in [1.807, 2.05) is 0 Å². The molecule has 15 heavy (non-hydrogen) atoms. The first kappa shape index (κ1) is 14.8. The van der Waals surface area contributed by atoms with Crippen LogP contribution in [0.3, 0.4) is 0 Å². The SMILES string of the molecule is COP(=O)(O)Oc1ccc(C=O)cc1.[Na]. The first-order valence-corrected chi connectivity index (χ1v) is 5.20. The molecule has 0 aliphatic heterocycles. The van der Waals surface area contributed by atoms with Crippen LogP contribution in [0.25, 0.3) is 0 Å². The summed E-state index contributed by atoms with van der Waals surface area (Å²) in [7, 11) is -2.94. The van der Waals surface area contributed by atoms with Gasteiger partial charge in [0.1, 0.15) is 12.0 Å². The summed E-state index contributed by atoms with van der Waals surface area (Å²) in [5.74, 6) is 0.170. The van der Waals surface area contributed by atoms with Gasteiger partial charge in [0, 0.05) is 42.2 Å². The molecule has 1 N–H and O–H groups in total. The van der Waals surface area contributed by atoms with E-state index < -0.39 is 7.82 Å². The minimum atomic E-state index is -4.01. The Morgan fingerprint density at radius 1 is 1.33 bits per heavy atom. The summed E-state index contributed by atoms with van der Waals surface area (Å²) in [5.41, 5.74) is 0.461. The third-order valence-electron chi connectivity index (χ3n) is 1.47. The number of phosphoric acid groups is 1. The maximum absolute atomic E-state index is 10.9. The van der Waals surface area contributed by atoms with Crippen molar-refractivity contribution in [2.45, 2.75) is 0 Å². The molecule has 0 saturated heterocycles. The van der Waals surface area contributed by atoms with E-state index in [1.165, 1.54) is 24.3 Å². The third-order valence-corrected chi connectivity index (χ3v) is 2.37. The summed E-state index contributed by atoms with van der Waals surface area (Å²) in [5, 5.41) is 0. The molecule has 0 heterocycles. The zero-order chi connectivity index (χ0) is 10.6. The van der Waals surface area contributed by atoms with Gasteiger partial charge in [-0.25, -0.2) is 4.57 Å². The van der Waals surface area contributed by atoms with Gasteiger partial charge in [-0.05, 0) is 24.3 Å². The molecular weight excluding hydrogens is 230 g/mol. The van der Waals surface area contributed by atoms with Gasteiger partial charge < -0.3 is 4.52 Å². The van der Waals surface area contributed by atoms with Gasteiger partial charge in [-0.2, -0.15) is 0 Å². The van der Waals surface area contributed by atoms with Crippen LogP contribution in [-0.4, -0.2) is 47.8 Å². The number of carbonyl (C=O) groups is 1. The van der Waals surface area contributed by atoms with Gasteiger partial charge in [0.2, 0.25) is 0 Å². The molecule has 7 heteroatoms. The smallest absolute Gasteiger partial charge is 0.404 e. The fraction of sp³-hybridized carbons (Fsp3) is 0.125. The van der Waals surface area contributed by atoms with E-state index in [1.54, 1.807) is 0 Å². The van der Waals surface area contributed by atoms with Gasteiger partial charge in [0.15, 0.2) is 0 Å². The number of phosphoric ester groups is 1. The molecule has 1 radical (unpaired) electrons. The van der Waals surface area contributed by atoms with Gasteiger partial charge in [0.05, 0.1) is 0 Å². The number of aldehydes is 1. The monoisotopic (exact) mass is 239 g/mol. The molecule has 1 rings (SSSR count). The van der Waals surface area contributed by atoms with Crippen molar-refractivity contribution in [1.82, 2.24) is 0 Å². The summed E-state index contributed by atoms with van der Waals surface area (Å²) >= 11 is 0. The van der Waals surface area contributed by atoms with Crippen molar-refractivity contribution in [3.8, 4) is 5.75 Å². The first-order valence-electron chi connectivity index (χ1n) is 3.71. The van der Waals surface area contributed by atoms with Crippen molar-refractivity contribution < 1.29 is 23.3 Å². The van der Waals surface area contributed by atoms with Crippen molar-refractivity contribution >= 4 is 43.7 Å². The summed E-state index contributed by atoms with van der Waals surface area (Å²) in [6.45, 7) is 0. The largest absolute Gasteiger partial charge is 0.527 e. The molecule has 0 aromatic heterocycles. The molecule has 1 aromatic rings. The second-order valence-corrected chi connectivity index (χ2v) is 3.91. The zero-order valence-electron chi connectivity index (χ0n) is 8.41. The van der Waals surface area contributed by atoms with Gasteiger partial charge in [0.25, 0.3) is 0 Å². The normalized spacial score (nSPS) is 13.5. The minimum absolute atomic E-state index is 0. The molecule has 0 amide bonds. The topological polar surface area (TPSA) is 72.8 Å². The first-order chi connectivity index (χ1) is 6.57. The number of carbonyl (C=O) groups excluding carboxylic acids is 1. The average molecular weight is 239 g/mol. The van der Waals surface area contributed by atoms with E-state index in [4.69, 9.17) is 4.89 Å². The van der Waals surface area contributed by atoms with E-state index in [-0.39, 0.29) is 35.3 Å². The van der Waals surface area contributed by atoms with E-state index in [0.717, 1.165) is 7.11 Å². The number of rotatable bonds is 4. The van der Waals surface area contributed by atoms with Crippen molar-refractivity contribution in [3.05, 3.63) is 29.8 Å². The zero-order valence-corrected chi connectivity index (χ0v) is 11.3. The Kier molecular flexibility index (Phi) is 6.36. The van der Waals surface area contributed by atoms with Gasteiger partial charge in [-0.3, -0.25) is 14.2 Å². The predicted molar refractivity (Wildman–Crippen MR) is 55.0 cm³/mol. The van der Waals surface area contributed by atoms with E-state index >= 15 is 0 Å². The Morgan fingerprint density at radius 3 is 2.27 bits per heavy atom. The van der Waals surface area contributed by atoms with Crippen molar-refractivity contribution in [2.75, 3.05) is 7.11 Å². The summed E-state index contributed by atoms with van der Waals surface area (Å²) in [6, 6.07) is 5.76. The molecule has 0 saturated carbocycles. The summed E-state index contributed by atoms with van der Waals surface area (Å²) in [6.07, 6.45) is 0.665. The average Bonchev–Trinajstić information content (AvgIpc) is 2.19. The maximum Gasteiger partial charge on any atom is 0.527 e. The number of benzene rings is 1. The molecular formula is C8H9NaO5P. The fourth-order valence-corrected chi connectivity index (χ4v) is 1.24. The Balaban J connectivity index is 0.00000196. The van der Waals surface area contributed by atoms with E-state index in [9.17, 15) is 9.36 Å². The number of hydrogen-bond acceptors (Lipinski definition) is 4. The van der Waals surface area contributed by atoms with Crippen LogP contribution in [0.15, 0.2) is 24.3 Å². The molecule has 1 unspecified atom stereocenters. The second-order valence-electron chi connectivity index (χ2n) is 2.43. The van der Waals surface area contributed by atoms with Crippen molar-refractivity contribution in [2.24, 2.45) is 0 Å². The Bertz CT molecular complexity index is 364. The van der Waals surface area contributed by atoms with Crippen LogP contribution < -0.4 is 4.52 Å². The maximum atomic E-state index is 10.9. The van der Waals surface area contributed by atoms with E-state index in [2.05, 4.69) is 9.05 Å². The molecule has 5 nitrogen and oxygen atoms in total. The second kappa shape index (κ2) is 6.43. The summed E-state index contributed by atoms with van der Waals surface area (Å²) in [4.78, 5) is 19.2. The van der Waals surface area contributed by atoms with Gasteiger partial charge >= 0.3 is 7.82 Å². The van der Waals surface area contributed by atoms with Crippen LogP contribution in [0.1, 0.15) is 10.4 Å². The predicted octanol–water partition coefficient (Wildman–Crippen LogP) is 1.24. The van der Waals surface area contributed by atoms with Crippen LogP contribution in [0.2, 0.25) is 0 Å². The van der Waals surface area contributed by atoms with Gasteiger partial charge in [-0.1, -0.05) is 0 Å². The fourth-order valence-electron chi connectivity index (χ4n) is 0.778. The van der Waals surface area contributed by atoms with Gasteiger partial charge in [-0.15, -0.1) is 0 Å². The van der Waals surface area contributed by atoms with Crippen LogP contribution in [0, 0.1) is 0 Å². The molecule has 77 valence electrons. The van der Waals surface area contributed by atoms with Crippen molar-refractivity contribution in [3.63, 3.8) is 0 Å². The van der Waals surface area contributed by atoms with Crippen molar-refractivity contribution in [1.29, 1.82) is 0 Å². The molecule has 0 aliphatic carbocycles. The molecule has 0 spiro atoms. The quantitative estimate of drug-likeness (QED) is 0.486. The third kappa shape index (κ3) is 4.93. The molecule has 1 atom stereocenters. The summed E-state index contributed by atoms with van der Waals surface area (Å²) < 4.78 is 19.8. The standard InChI is InChI=1S/C8H9O5P.Na/c1-12-14(10,11)13-8-4-2-7(6-9)3-5-8;/h2-6H,1H3,(H,10,11);. The minimum Gasteiger partial charge on any atom is -0.404 e. The Hall–Kier alpha value is -0.160. The van der Waals surface area contributed by atoms with Crippen LogP contribution in [0.4, 0.5) is 0 Å². The molecule has 0 bridgehead atoms. The number of hydrogen-bond donors (Lipinski definition) is 1. The molecule has 0 fully saturated rings. The molecule has 0 aliphatic rings.